The van der Waals surface area contributed by atoms with Gasteiger partial charge in [-0.05, 0) is 38.1 Å². The standard InChI is InChI=1S/C17H19N5O3S/c1-11-9-16-18-10-15(12(2)22(16)20-11)17(23)19-13-5-7-14(8-6-13)26(24,25)21(3)4/h5-10H,1-4H3,(H,19,23). The van der Waals surface area contributed by atoms with Crippen molar-refractivity contribution in [2.75, 3.05) is 19.4 Å². The highest BCUT2D eigenvalue weighted by Gasteiger charge is 2.18. The quantitative estimate of drug-likeness (QED) is 0.753. The Kier molecular flexibility index (Phi) is 4.51. The van der Waals surface area contributed by atoms with Crippen molar-refractivity contribution in [3.8, 4) is 0 Å². The van der Waals surface area contributed by atoms with Gasteiger partial charge in [-0.2, -0.15) is 5.10 Å². The Morgan fingerprint density at radius 2 is 1.81 bits per heavy atom. The van der Waals surface area contributed by atoms with Crippen LogP contribution in [0.5, 0.6) is 0 Å². The Morgan fingerprint density at radius 3 is 2.42 bits per heavy atom. The lowest BCUT2D eigenvalue weighted by Gasteiger charge is -2.12. The molecule has 0 atom stereocenters. The second-order valence-corrected chi connectivity index (χ2v) is 8.23. The van der Waals surface area contributed by atoms with Crippen LogP contribution in [0.1, 0.15) is 21.7 Å². The minimum absolute atomic E-state index is 0.159. The van der Waals surface area contributed by atoms with Gasteiger partial charge in [0.05, 0.1) is 21.8 Å². The second-order valence-electron chi connectivity index (χ2n) is 6.08. The van der Waals surface area contributed by atoms with Gasteiger partial charge in [-0.25, -0.2) is 22.2 Å². The molecule has 1 aromatic carbocycles. The van der Waals surface area contributed by atoms with Crippen LogP contribution < -0.4 is 5.32 Å². The molecule has 0 aliphatic heterocycles. The van der Waals surface area contributed by atoms with Gasteiger partial charge < -0.3 is 5.32 Å². The van der Waals surface area contributed by atoms with Crippen molar-refractivity contribution in [1.29, 1.82) is 0 Å². The number of fused-ring (bicyclic) bond motifs is 1. The number of nitrogens with zero attached hydrogens (tertiary/aromatic N) is 4. The lowest BCUT2D eigenvalue weighted by molar-refractivity contribution is 0.102. The first-order valence-corrected chi connectivity index (χ1v) is 9.30. The van der Waals surface area contributed by atoms with E-state index in [2.05, 4.69) is 15.4 Å². The third-order valence-corrected chi connectivity index (χ3v) is 5.81. The third kappa shape index (κ3) is 3.18. The van der Waals surface area contributed by atoms with E-state index in [-0.39, 0.29) is 10.8 Å². The molecular weight excluding hydrogens is 354 g/mol. The van der Waals surface area contributed by atoms with Gasteiger partial charge in [-0.1, -0.05) is 0 Å². The molecule has 0 bridgehead atoms. The summed E-state index contributed by atoms with van der Waals surface area (Å²) in [4.78, 5) is 17.0. The van der Waals surface area contributed by atoms with Gasteiger partial charge in [-0.3, -0.25) is 4.79 Å². The Bertz CT molecular complexity index is 1090. The normalized spacial score (nSPS) is 11.9. The Balaban J connectivity index is 1.85. The monoisotopic (exact) mass is 373 g/mol. The summed E-state index contributed by atoms with van der Waals surface area (Å²) in [5.41, 5.74) is 3.05. The van der Waals surface area contributed by atoms with Crippen LogP contribution in [0.15, 0.2) is 41.4 Å². The largest absolute Gasteiger partial charge is 0.322 e. The SMILES string of the molecule is Cc1cc2ncc(C(=O)Nc3ccc(S(=O)(=O)N(C)C)cc3)c(C)n2n1. The summed E-state index contributed by atoms with van der Waals surface area (Å²) in [7, 11) is -0.572. The van der Waals surface area contributed by atoms with Crippen molar-refractivity contribution in [1.82, 2.24) is 18.9 Å². The van der Waals surface area contributed by atoms with E-state index in [0.717, 1.165) is 10.00 Å². The van der Waals surface area contributed by atoms with Crippen LogP contribution in [0.2, 0.25) is 0 Å². The first-order chi connectivity index (χ1) is 12.2. The molecule has 0 spiro atoms. The number of rotatable bonds is 4. The number of benzene rings is 1. The molecule has 0 unspecified atom stereocenters. The van der Waals surface area contributed by atoms with Crippen molar-refractivity contribution in [2.24, 2.45) is 0 Å². The number of sulfonamides is 1. The van der Waals surface area contributed by atoms with Gasteiger partial charge in [0.15, 0.2) is 5.65 Å². The zero-order valence-corrected chi connectivity index (χ0v) is 15.7. The van der Waals surface area contributed by atoms with Crippen molar-refractivity contribution in [3.63, 3.8) is 0 Å². The molecule has 1 amide bonds. The van der Waals surface area contributed by atoms with E-state index in [1.165, 1.54) is 32.4 Å². The molecule has 0 saturated carbocycles. The Morgan fingerprint density at radius 1 is 1.15 bits per heavy atom. The maximum Gasteiger partial charge on any atom is 0.259 e. The van der Waals surface area contributed by atoms with E-state index < -0.39 is 10.0 Å². The molecule has 2 heterocycles. The first-order valence-electron chi connectivity index (χ1n) is 7.86. The maximum atomic E-state index is 12.6. The van der Waals surface area contributed by atoms with Crippen LogP contribution in [-0.2, 0) is 10.0 Å². The van der Waals surface area contributed by atoms with E-state index in [0.29, 0.717) is 22.6 Å². The number of carbonyl (C=O) groups is 1. The van der Waals surface area contributed by atoms with Gasteiger partial charge in [0.1, 0.15) is 0 Å². The van der Waals surface area contributed by atoms with Gasteiger partial charge in [0.2, 0.25) is 10.0 Å². The van der Waals surface area contributed by atoms with Crippen LogP contribution in [0.25, 0.3) is 5.65 Å². The average Bonchev–Trinajstić information content (AvgIpc) is 2.97. The van der Waals surface area contributed by atoms with Gasteiger partial charge >= 0.3 is 0 Å². The fraction of sp³-hybridized carbons (Fsp3) is 0.235. The van der Waals surface area contributed by atoms with E-state index >= 15 is 0 Å². The maximum absolute atomic E-state index is 12.6. The molecule has 0 fully saturated rings. The van der Waals surface area contributed by atoms with Crippen LogP contribution in [-0.4, -0.2) is 47.3 Å². The molecule has 26 heavy (non-hydrogen) atoms. The summed E-state index contributed by atoms with van der Waals surface area (Å²) in [6, 6.07) is 7.84. The van der Waals surface area contributed by atoms with Crippen molar-refractivity contribution < 1.29 is 13.2 Å². The summed E-state index contributed by atoms with van der Waals surface area (Å²) in [6.45, 7) is 3.65. The van der Waals surface area contributed by atoms with Gasteiger partial charge in [0, 0.05) is 32.0 Å². The molecule has 0 radical (unpaired) electrons. The topological polar surface area (TPSA) is 96.7 Å². The smallest absolute Gasteiger partial charge is 0.259 e. The second kappa shape index (κ2) is 6.50. The summed E-state index contributed by atoms with van der Waals surface area (Å²) in [5, 5.41) is 7.07. The molecular formula is C17H19N5O3S. The number of anilines is 1. The third-order valence-electron chi connectivity index (χ3n) is 3.98. The number of nitrogens with one attached hydrogen (secondary N) is 1. The molecule has 0 saturated heterocycles. The highest BCUT2D eigenvalue weighted by molar-refractivity contribution is 7.89. The fourth-order valence-corrected chi connectivity index (χ4v) is 3.41. The van der Waals surface area contributed by atoms with Crippen LogP contribution in [0.3, 0.4) is 0 Å². The minimum Gasteiger partial charge on any atom is -0.322 e. The van der Waals surface area contributed by atoms with Gasteiger partial charge in [-0.15, -0.1) is 0 Å². The fourth-order valence-electron chi connectivity index (χ4n) is 2.51. The number of aromatic nitrogens is 3. The molecule has 136 valence electrons. The van der Waals surface area contributed by atoms with E-state index in [4.69, 9.17) is 0 Å². The lowest BCUT2D eigenvalue weighted by Crippen LogP contribution is -2.22. The minimum atomic E-state index is -3.50. The molecule has 0 aliphatic carbocycles. The molecule has 3 rings (SSSR count). The zero-order valence-electron chi connectivity index (χ0n) is 14.9. The summed E-state index contributed by atoms with van der Waals surface area (Å²) in [5.74, 6) is -0.340. The van der Waals surface area contributed by atoms with Crippen molar-refractivity contribution in [2.45, 2.75) is 18.7 Å². The molecule has 0 aliphatic rings. The van der Waals surface area contributed by atoms with E-state index in [9.17, 15) is 13.2 Å². The lowest BCUT2D eigenvalue weighted by atomic mass is 10.2. The van der Waals surface area contributed by atoms with E-state index in [1.54, 1.807) is 23.6 Å². The average molecular weight is 373 g/mol. The molecule has 1 N–H and O–H groups in total. The molecule has 2 aromatic heterocycles. The van der Waals surface area contributed by atoms with Crippen molar-refractivity contribution >= 4 is 27.3 Å². The number of hydrogen-bond donors (Lipinski definition) is 1. The predicted octanol–water partition coefficient (Wildman–Crippen LogP) is 1.85. The first kappa shape index (κ1) is 18.0. The van der Waals surface area contributed by atoms with Crippen LogP contribution >= 0.6 is 0 Å². The van der Waals surface area contributed by atoms with Crippen molar-refractivity contribution in [3.05, 3.63) is 53.5 Å². The predicted molar refractivity (Wildman–Crippen MR) is 97.7 cm³/mol. The van der Waals surface area contributed by atoms with E-state index in [1.807, 2.05) is 13.0 Å². The highest BCUT2D eigenvalue weighted by atomic mass is 32.2. The van der Waals surface area contributed by atoms with Gasteiger partial charge in [0.25, 0.3) is 5.91 Å². The number of carbonyl (C=O) groups excluding carboxylic acids is 1. The highest BCUT2D eigenvalue weighted by Crippen LogP contribution is 2.18. The summed E-state index contributed by atoms with van der Waals surface area (Å²) in [6.07, 6.45) is 1.51. The van der Waals surface area contributed by atoms with Crippen LogP contribution in [0.4, 0.5) is 5.69 Å². The summed E-state index contributed by atoms with van der Waals surface area (Å²) < 4.78 is 26.9. The molecule has 8 nitrogen and oxygen atoms in total. The number of hydrogen-bond acceptors (Lipinski definition) is 5. The van der Waals surface area contributed by atoms with Crippen LogP contribution in [0, 0.1) is 13.8 Å². The molecule has 3 aromatic rings. The zero-order chi connectivity index (χ0) is 19.1. The molecule has 9 heteroatoms. The Hall–Kier alpha value is -2.78. The number of aryl methyl sites for hydroxylation is 2. The number of amides is 1. The Labute approximate surface area is 151 Å². The summed E-state index contributed by atoms with van der Waals surface area (Å²) >= 11 is 0.